The quantitative estimate of drug-likeness (QED) is 0.644. The molecule has 1 aliphatic heterocycles. The summed E-state index contributed by atoms with van der Waals surface area (Å²) < 4.78 is 0.302. The number of pyridine rings is 1. The minimum Gasteiger partial charge on any atom is -0.382 e. The number of aromatic nitrogens is 1. The molecular formula is C13H20N4S. The van der Waals surface area contributed by atoms with Crippen LogP contribution in [0.3, 0.4) is 0 Å². The highest BCUT2D eigenvalue weighted by molar-refractivity contribution is 8.00. The molecule has 1 saturated heterocycles. The molecule has 5 heteroatoms. The van der Waals surface area contributed by atoms with Gasteiger partial charge in [0.05, 0.1) is 0 Å². The molecule has 0 aromatic carbocycles. The highest BCUT2D eigenvalue weighted by Gasteiger charge is 2.27. The molecule has 0 atom stereocenters. The van der Waals surface area contributed by atoms with E-state index in [2.05, 4.69) is 23.7 Å². The van der Waals surface area contributed by atoms with Crippen LogP contribution in [0.4, 0.5) is 0 Å². The van der Waals surface area contributed by atoms with Gasteiger partial charge in [-0.25, -0.2) is 0 Å². The van der Waals surface area contributed by atoms with E-state index in [9.17, 15) is 0 Å². The largest absolute Gasteiger partial charge is 0.382 e. The van der Waals surface area contributed by atoms with Gasteiger partial charge in [0.1, 0.15) is 11.5 Å². The van der Waals surface area contributed by atoms with Gasteiger partial charge in [-0.05, 0) is 25.5 Å². The first-order valence-electron chi connectivity index (χ1n) is 6.12. The molecule has 98 valence electrons. The fourth-order valence-electron chi connectivity index (χ4n) is 2.30. The van der Waals surface area contributed by atoms with Gasteiger partial charge in [0, 0.05) is 36.3 Å². The summed E-state index contributed by atoms with van der Waals surface area (Å²) in [5.74, 6) is 1.21. The van der Waals surface area contributed by atoms with Gasteiger partial charge in [-0.1, -0.05) is 6.07 Å². The van der Waals surface area contributed by atoms with Crippen LogP contribution in [0, 0.1) is 5.41 Å². The minimum atomic E-state index is 0.0521. The molecule has 1 aromatic rings. The van der Waals surface area contributed by atoms with Crippen molar-refractivity contribution in [1.29, 1.82) is 5.41 Å². The van der Waals surface area contributed by atoms with Crippen molar-refractivity contribution in [2.24, 2.45) is 5.73 Å². The normalized spacial score (nSPS) is 19.7. The molecule has 3 N–H and O–H groups in total. The van der Waals surface area contributed by atoms with Gasteiger partial charge >= 0.3 is 0 Å². The molecule has 2 rings (SSSR count). The molecule has 0 bridgehead atoms. The first-order valence-corrected chi connectivity index (χ1v) is 7.11. The lowest BCUT2D eigenvalue weighted by Gasteiger charge is -2.37. The minimum absolute atomic E-state index is 0.0521. The first-order chi connectivity index (χ1) is 8.48. The summed E-state index contributed by atoms with van der Waals surface area (Å²) in [6.07, 6.45) is 1.69. The topological polar surface area (TPSA) is 66.0 Å². The average molecular weight is 264 g/mol. The Hall–Kier alpha value is -1.07. The van der Waals surface area contributed by atoms with Crippen molar-refractivity contribution in [3.63, 3.8) is 0 Å². The molecule has 1 aromatic heterocycles. The molecule has 0 saturated carbocycles. The molecular weight excluding hydrogens is 244 g/mol. The van der Waals surface area contributed by atoms with Crippen LogP contribution in [-0.2, 0) is 6.54 Å². The molecule has 0 amide bonds. The summed E-state index contributed by atoms with van der Waals surface area (Å²) in [5.41, 5.74) is 7.24. The van der Waals surface area contributed by atoms with Crippen LogP contribution in [0.2, 0.25) is 0 Å². The van der Waals surface area contributed by atoms with Crippen molar-refractivity contribution in [2.45, 2.75) is 25.1 Å². The number of nitrogens with one attached hydrogen (secondary N) is 1. The summed E-state index contributed by atoms with van der Waals surface area (Å²) in [7, 11) is 0. The van der Waals surface area contributed by atoms with Crippen LogP contribution in [0.1, 0.15) is 25.1 Å². The summed E-state index contributed by atoms with van der Waals surface area (Å²) >= 11 is 2.02. The van der Waals surface area contributed by atoms with Crippen LogP contribution in [0.5, 0.6) is 0 Å². The molecule has 2 heterocycles. The summed E-state index contributed by atoms with van der Waals surface area (Å²) in [4.78, 5) is 6.62. The van der Waals surface area contributed by atoms with Crippen molar-refractivity contribution in [1.82, 2.24) is 9.88 Å². The number of thioether (sulfide) groups is 1. The third kappa shape index (κ3) is 3.23. The van der Waals surface area contributed by atoms with E-state index < -0.39 is 0 Å². The lowest BCUT2D eigenvalue weighted by molar-refractivity contribution is 0.252. The predicted molar refractivity (Wildman–Crippen MR) is 77.1 cm³/mol. The van der Waals surface area contributed by atoms with E-state index in [-0.39, 0.29) is 5.84 Å². The molecule has 0 radical (unpaired) electrons. The summed E-state index contributed by atoms with van der Waals surface area (Å²) in [6, 6.07) is 3.92. The van der Waals surface area contributed by atoms with E-state index in [1.807, 2.05) is 23.9 Å². The molecule has 18 heavy (non-hydrogen) atoms. The molecule has 0 aliphatic carbocycles. The van der Waals surface area contributed by atoms with E-state index in [0.717, 1.165) is 31.0 Å². The Kier molecular flexibility index (Phi) is 3.92. The van der Waals surface area contributed by atoms with Crippen LogP contribution < -0.4 is 5.73 Å². The molecule has 1 aliphatic rings. The molecule has 0 unspecified atom stereocenters. The van der Waals surface area contributed by atoms with Crippen molar-refractivity contribution < 1.29 is 0 Å². The Morgan fingerprint density at radius 1 is 1.61 bits per heavy atom. The van der Waals surface area contributed by atoms with E-state index in [1.165, 1.54) is 0 Å². The second kappa shape index (κ2) is 5.28. The second-order valence-corrected chi connectivity index (χ2v) is 7.05. The third-order valence-corrected chi connectivity index (χ3v) is 4.34. The first kappa shape index (κ1) is 13.4. The lowest BCUT2D eigenvalue weighted by atomic mass is 10.1. The highest BCUT2D eigenvalue weighted by atomic mass is 32.2. The fraction of sp³-hybridized carbons (Fsp3) is 0.538. The SMILES string of the molecule is CC1(C)CN(Cc2cccnc2C(=N)N)CCS1. The Balaban J connectivity index is 2.12. The van der Waals surface area contributed by atoms with Crippen LogP contribution >= 0.6 is 11.8 Å². The monoisotopic (exact) mass is 264 g/mol. The van der Waals surface area contributed by atoms with E-state index in [4.69, 9.17) is 11.1 Å². The van der Waals surface area contributed by atoms with Gasteiger partial charge < -0.3 is 5.73 Å². The van der Waals surface area contributed by atoms with Gasteiger partial charge in [0.25, 0.3) is 0 Å². The lowest BCUT2D eigenvalue weighted by Crippen LogP contribution is -2.42. The van der Waals surface area contributed by atoms with Gasteiger partial charge in [-0.15, -0.1) is 0 Å². The van der Waals surface area contributed by atoms with Crippen molar-refractivity contribution >= 4 is 17.6 Å². The molecule has 4 nitrogen and oxygen atoms in total. The Bertz CT molecular complexity index is 444. The van der Waals surface area contributed by atoms with Crippen LogP contribution in [-0.4, -0.2) is 39.3 Å². The fourth-order valence-corrected chi connectivity index (χ4v) is 3.47. The number of hydrogen-bond acceptors (Lipinski definition) is 4. The number of rotatable bonds is 3. The maximum absolute atomic E-state index is 7.56. The number of amidine groups is 1. The van der Waals surface area contributed by atoms with Gasteiger partial charge in [-0.2, -0.15) is 11.8 Å². The van der Waals surface area contributed by atoms with Gasteiger partial charge in [0.2, 0.25) is 0 Å². The maximum atomic E-state index is 7.56. The predicted octanol–water partition coefficient (Wildman–Crippen LogP) is 1.69. The number of nitrogens with two attached hydrogens (primary N) is 1. The summed E-state index contributed by atoms with van der Waals surface area (Å²) in [5, 5.41) is 7.56. The number of nitrogen functional groups attached to an aromatic ring is 1. The highest BCUT2D eigenvalue weighted by Crippen LogP contribution is 2.30. The molecule has 1 fully saturated rings. The summed E-state index contributed by atoms with van der Waals surface area (Å²) in [6.45, 7) is 7.52. The van der Waals surface area contributed by atoms with E-state index >= 15 is 0 Å². The third-order valence-electron chi connectivity index (χ3n) is 3.05. The molecule has 0 spiro atoms. The van der Waals surface area contributed by atoms with E-state index in [1.54, 1.807) is 6.20 Å². The van der Waals surface area contributed by atoms with Crippen molar-refractivity contribution in [3.8, 4) is 0 Å². The smallest absolute Gasteiger partial charge is 0.142 e. The second-order valence-electron chi connectivity index (χ2n) is 5.24. The van der Waals surface area contributed by atoms with E-state index in [0.29, 0.717) is 10.4 Å². The zero-order valence-corrected chi connectivity index (χ0v) is 11.8. The van der Waals surface area contributed by atoms with Gasteiger partial charge in [-0.3, -0.25) is 15.3 Å². The number of nitrogens with zero attached hydrogens (tertiary/aromatic N) is 2. The van der Waals surface area contributed by atoms with Crippen LogP contribution in [0.15, 0.2) is 18.3 Å². The average Bonchev–Trinajstić information content (AvgIpc) is 2.28. The van der Waals surface area contributed by atoms with Crippen molar-refractivity contribution in [3.05, 3.63) is 29.6 Å². The Morgan fingerprint density at radius 2 is 2.39 bits per heavy atom. The van der Waals surface area contributed by atoms with Crippen molar-refractivity contribution in [2.75, 3.05) is 18.8 Å². The Labute approximate surface area is 112 Å². The maximum Gasteiger partial charge on any atom is 0.142 e. The van der Waals surface area contributed by atoms with Crippen LogP contribution in [0.25, 0.3) is 0 Å². The zero-order valence-electron chi connectivity index (χ0n) is 10.9. The Morgan fingerprint density at radius 3 is 3.06 bits per heavy atom. The zero-order chi connectivity index (χ0) is 13.2. The number of hydrogen-bond donors (Lipinski definition) is 2. The standard InChI is InChI=1S/C13H20N4S/c1-13(2)9-17(6-7-18-13)8-10-4-3-5-16-11(10)12(14)15/h3-5H,6-9H2,1-2H3,(H3,14,15). The van der Waals surface area contributed by atoms with Gasteiger partial charge in [0.15, 0.2) is 0 Å².